The van der Waals surface area contributed by atoms with E-state index in [0.717, 1.165) is 11.3 Å². The highest BCUT2D eigenvalue weighted by atomic mass is 35.5. The van der Waals surface area contributed by atoms with E-state index < -0.39 is 0 Å². The van der Waals surface area contributed by atoms with Crippen LogP contribution in [0.15, 0.2) is 42.5 Å². The first kappa shape index (κ1) is 13.5. The first-order chi connectivity index (χ1) is 9.78. The van der Waals surface area contributed by atoms with Gasteiger partial charge in [-0.1, -0.05) is 30.3 Å². The van der Waals surface area contributed by atoms with E-state index in [2.05, 4.69) is 18.2 Å². The van der Waals surface area contributed by atoms with Crippen LogP contribution in [0.5, 0.6) is 5.75 Å². The molecule has 0 saturated heterocycles. The molecule has 3 rings (SSSR count). The number of hydrogen-bond acceptors (Lipinski definition) is 1. The Balaban J connectivity index is 1.87. The number of ether oxygens (including phenoxy) is 1. The van der Waals surface area contributed by atoms with Crippen molar-refractivity contribution in [3.05, 3.63) is 64.7 Å². The SMILES string of the molecule is COc1ccc(C(Cl)c2ccc3c(c2)CCCC3)cc1. The average molecular weight is 287 g/mol. The Labute approximate surface area is 125 Å². The highest BCUT2D eigenvalue weighted by Crippen LogP contribution is 2.32. The highest BCUT2D eigenvalue weighted by molar-refractivity contribution is 6.22. The van der Waals surface area contributed by atoms with Gasteiger partial charge in [0.1, 0.15) is 5.75 Å². The summed E-state index contributed by atoms with van der Waals surface area (Å²) in [6.45, 7) is 0. The van der Waals surface area contributed by atoms with Crippen LogP contribution in [-0.4, -0.2) is 7.11 Å². The number of aryl methyl sites for hydroxylation is 2. The van der Waals surface area contributed by atoms with Gasteiger partial charge in [0, 0.05) is 0 Å². The maximum absolute atomic E-state index is 6.63. The molecular weight excluding hydrogens is 268 g/mol. The van der Waals surface area contributed by atoms with Crippen molar-refractivity contribution in [1.29, 1.82) is 0 Å². The molecule has 1 atom stereocenters. The van der Waals surface area contributed by atoms with E-state index in [1.165, 1.54) is 42.4 Å². The van der Waals surface area contributed by atoms with Gasteiger partial charge in [-0.25, -0.2) is 0 Å². The Morgan fingerprint density at radius 3 is 2.25 bits per heavy atom. The van der Waals surface area contributed by atoms with Crippen molar-refractivity contribution >= 4 is 11.6 Å². The van der Waals surface area contributed by atoms with Crippen molar-refractivity contribution in [2.75, 3.05) is 7.11 Å². The molecule has 1 nitrogen and oxygen atoms in total. The van der Waals surface area contributed by atoms with Crippen molar-refractivity contribution in [2.45, 2.75) is 31.1 Å². The zero-order valence-electron chi connectivity index (χ0n) is 11.7. The molecule has 0 fully saturated rings. The Hall–Kier alpha value is -1.47. The largest absolute Gasteiger partial charge is 0.497 e. The van der Waals surface area contributed by atoms with Crippen LogP contribution >= 0.6 is 11.6 Å². The zero-order chi connectivity index (χ0) is 13.9. The molecule has 0 N–H and O–H groups in total. The van der Waals surface area contributed by atoms with Crippen molar-refractivity contribution < 1.29 is 4.74 Å². The molecule has 104 valence electrons. The molecule has 2 aromatic carbocycles. The number of fused-ring (bicyclic) bond motifs is 1. The van der Waals surface area contributed by atoms with Crippen LogP contribution in [0.3, 0.4) is 0 Å². The number of rotatable bonds is 3. The third kappa shape index (κ3) is 2.69. The van der Waals surface area contributed by atoms with Crippen LogP contribution in [0.1, 0.15) is 40.5 Å². The lowest BCUT2D eigenvalue weighted by molar-refractivity contribution is 0.414. The lowest BCUT2D eigenvalue weighted by Crippen LogP contribution is -2.04. The topological polar surface area (TPSA) is 9.23 Å². The summed E-state index contributed by atoms with van der Waals surface area (Å²) in [5, 5.41) is -0.0897. The summed E-state index contributed by atoms with van der Waals surface area (Å²) in [7, 11) is 1.68. The van der Waals surface area contributed by atoms with Crippen LogP contribution in [0.2, 0.25) is 0 Å². The number of halogens is 1. The summed E-state index contributed by atoms with van der Waals surface area (Å²) >= 11 is 6.63. The Morgan fingerprint density at radius 2 is 1.55 bits per heavy atom. The standard InChI is InChI=1S/C18H19ClO/c1-20-17-10-8-14(9-11-17)18(19)16-7-6-13-4-2-3-5-15(13)12-16/h6-12,18H,2-5H2,1H3. The Morgan fingerprint density at radius 1 is 0.900 bits per heavy atom. The monoisotopic (exact) mass is 286 g/mol. The first-order valence-electron chi connectivity index (χ1n) is 7.17. The van der Waals surface area contributed by atoms with Crippen molar-refractivity contribution in [3.63, 3.8) is 0 Å². The summed E-state index contributed by atoms with van der Waals surface area (Å²) < 4.78 is 5.19. The van der Waals surface area contributed by atoms with Crippen LogP contribution < -0.4 is 4.74 Å². The fourth-order valence-corrected chi connectivity index (χ4v) is 3.16. The lowest BCUT2D eigenvalue weighted by atomic mass is 9.89. The van der Waals surface area contributed by atoms with E-state index >= 15 is 0 Å². The number of benzene rings is 2. The molecule has 0 aliphatic heterocycles. The molecule has 0 amide bonds. The van der Waals surface area contributed by atoms with Gasteiger partial charge in [0.2, 0.25) is 0 Å². The summed E-state index contributed by atoms with van der Waals surface area (Å²) in [4.78, 5) is 0. The highest BCUT2D eigenvalue weighted by Gasteiger charge is 2.15. The van der Waals surface area contributed by atoms with Gasteiger partial charge in [-0.2, -0.15) is 0 Å². The molecular formula is C18H19ClO. The molecule has 1 aliphatic carbocycles. The van der Waals surface area contributed by atoms with E-state index in [0.29, 0.717) is 0 Å². The molecule has 0 spiro atoms. The van der Waals surface area contributed by atoms with E-state index in [-0.39, 0.29) is 5.38 Å². The second kappa shape index (κ2) is 5.88. The van der Waals surface area contributed by atoms with E-state index in [1.807, 2.05) is 24.3 Å². The quantitative estimate of drug-likeness (QED) is 0.729. The fourth-order valence-electron chi connectivity index (χ4n) is 2.88. The molecule has 0 aromatic heterocycles. The van der Waals surface area contributed by atoms with E-state index in [1.54, 1.807) is 7.11 Å². The molecule has 2 heteroatoms. The molecule has 2 aromatic rings. The normalized spacial score (nSPS) is 15.5. The summed E-state index contributed by atoms with van der Waals surface area (Å²) in [5.74, 6) is 0.864. The van der Waals surface area contributed by atoms with Crippen molar-refractivity contribution in [2.24, 2.45) is 0 Å². The molecule has 1 unspecified atom stereocenters. The van der Waals surface area contributed by atoms with Gasteiger partial charge in [-0.3, -0.25) is 0 Å². The van der Waals surface area contributed by atoms with Crippen molar-refractivity contribution in [3.8, 4) is 5.75 Å². The minimum absolute atomic E-state index is 0.0897. The molecule has 0 bridgehead atoms. The Kier molecular flexibility index (Phi) is 3.98. The predicted octanol–water partition coefficient (Wildman–Crippen LogP) is 4.90. The third-order valence-corrected chi connectivity index (χ3v) is 4.58. The second-order valence-corrected chi connectivity index (χ2v) is 5.81. The molecule has 20 heavy (non-hydrogen) atoms. The number of hydrogen-bond donors (Lipinski definition) is 0. The van der Waals surface area contributed by atoms with Crippen LogP contribution in [0.25, 0.3) is 0 Å². The third-order valence-electron chi connectivity index (χ3n) is 4.07. The molecule has 0 heterocycles. The maximum atomic E-state index is 6.63. The summed E-state index contributed by atoms with van der Waals surface area (Å²) in [5.41, 5.74) is 5.28. The first-order valence-corrected chi connectivity index (χ1v) is 7.61. The molecule has 0 radical (unpaired) electrons. The van der Waals surface area contributed by atoms with Gasteiger partial charge in [0.25, 0.3) is 0 Å². The predicted molar refractivity (Wildman–Crippen MR) is 83.8 cm³/mol. The van der Waals surface area contributed by atoms with Gasteiger partial charge < -0.3 is 4.74 Å². The second-order valence-electron chi connectivity index (χ2n) is 5.37. The minimum Gasteiger partial charge on any atom is -0.497 e. The fraction of sp³-hybridized carbons (Fsp3) is 0.333. The number of alkyl halides is 1. The average Bonchev–Trinajstić information content (AvgIpc) is 2.54. The van der Waals surface area contributed by atoms with Gasteiger partial charge in [0.05, 0.1) is 12.5 Å². The molecule has 0 saturated carbocycles. The van der Waals surface area contributed by atoms with Gasteiger partial charge in [0.15, 0.2) is 0 Å². The van der Waals surface area contributed by atoms with Crippen LogP contribution in [0.4, 0.5) is 0 Å². The van der Waals surface area contributed by atoms with Gasteiger partial charge in [-0.05, 0) is 60.1 Å². The lowest BCUT2D eigenvalue weighted by Gasteiger charge is -2.18. The smallest absolute Gasteiger partial charge is 0.118 e. The summed E-state index contributed by atoms with van der Waals surface area (Å²) in [6.07, 6.45) is 5.02. The van der Waals surface area contributed by atoms with Gasteiger partial charge >= 0.3 is 0 Å². The van der Waals surface area contributed by atoms with E-state index in [9.17, 15) is 0 Å². The van der Waals surface area contributed by atoms with Crippen LogP contribution in [0, 0.1) is 0 Å². The minimum atomic E-state index is -0.0897. The Bertz CT molecular complexity index is 589. The molecule has 1 aliphatic rings. The maximum Gasteiger partial charge on any atom is 0.118 e. The van der Waals surface area contributed by atoms with Gasteiger partial charge in [-0.15, -0.1) is 11.6 Å². The summed E-state index contributed by atoms with van der Waals surface area (Å²) in [6, 6.07) is 14.7. The van der Waals surface area contributed by atoms with E-state index in [4.69, 9.17) is 16.3 Å². The number of methoxy groups -OCH3 is 1. The zero-order valence-corrected chi connectivity index (χ0v) is 12.5. The van der Waals surface area contributed by atoms with Crippen LogP contribution in [-0.2, 0) is 12.8 Å². The van der Waals surface area contributed by atoms with Crippen molar-refractivity contribution in [1.82, 2.24) is 0 Å².